The van der Waals surface area contributed by atoms with Crippen LogP contribution in [0.25, 0.3) is 0 Å². The highest BCUT2D eigenvalue weighted by molar-refractivity contribution is 14.1. The summed E-state index contributed by atoms with van der Waals surface area (Å²) in [6, 6.07) is 31.8. The predicted octanol–water partition coefficient (Wildman–Crippen LogP) is 5.33. The van der Waals surface area contributed by atoms with Crippen LogP contribution in [-0.2, 0) is 5.54 Å². The SMILES string of the molecule is Ic1ccc(C(c2ccccc2)(c2ccccc2)n2cccn2)cc1. The molecule has 0 fully saturated rings. The Morgan fingerprint density at radius 3 is 1.64 bits per heavy atom. The lowest BCUT2D eigenvalue weighted by Crippen LogP contribution is -2.38. The Morgan fingerprint density at radius 2 is 1.16 bits per heavy atom. The summed E-state index contributed by atoms with van der Waals surface area (Å²) < 4.78 is 3.27. The fourth-order valence-electron chi connectivity index (χ4n) is 3.41. The maximum absolute atomic E-state index is 4.66. The fourth-order valence-corrected chi connectivity index (χ4v) is 3.77. The molecule has 25 heavy (non-hydrogen) atoms. The van der Waals surface area contributed by atoms with Crippen LogP contribution in [0.5, 0.6) is 0 Å². The molecular formula is C22H17IN2. The van der Waals surface area contributed by atoms with Gasteiger partial charge in [-0.05, 0) is 57.5 Å². The van der Waals surface area contributed by atoms with Gasteiger partial charge in [-0.2, -0.15) is 5.10 Å². The van der Waals surface area contributed by atoms with E-state index in [2.05, 4.69) is 117 Å². The largest absolute Gasteiger partial charge is 0.253 e. The molecule has 0 aliphatic rings. The third kappa shape index (κ3) is 2.78. The van der Waals surface area contributed by atoms with Crippen LogP contribution in [0.2, 0.25) is 0 Å². The van der Waals surface area contributed by atoms with Gasteiger partial charge in [0.2, 0.25) is 0 Å². The van der Waals surface area contributed by atoms with Crippen LogP contribution in [0.3, 0.4) is 0 Å². The topological polar surface area (TPSA) is 17.8 Å². The zero-order valence-corrected chi connectivity index (χ0v) is 15.7. The molecule has 1 aromatic heterocycles. The van der Waals surface area contributed by atoms with E-state index in [-0.39, 0.29) is 0 Å². The zero-order valence-electron chi connectivity index (χ0n) is 13.6. The van der Waals surface area contributed by atoms with Gasteiger partial charge in [0, 0.05) is 16.0 Å². The molecule has 0 aliphatic heterocycles. The lowest BCUT2D eigenvalue weighted by atomic mass is 9.77. The number of aromatic nitrogens is 2. The summed E-state index contributed by atoms with van der Waals surface area (Å²) in [5, 5.41) is 4.66. The Balaban J connectivity index is 2.11. The van der Waals surface area contributed by atoms with Gasteiger partial charge >= 0.3 is 0 Å². The number of benzene rings is 3. The van der Waals surface area contributed by atoms with Crippen molar-refractivity contribution in [2.75, 3.05) is 0 Å². The molecule has 3 aromatic carbocycles. The summed E-state index contributed by atoms with van der Waals surface area (Å²) in [6.07, 6.45) is 3.88. The molecule has 0 saturated carbocycles. The van der Waals surface area contributed by atoms with Crippen LogP contribution in [0.15, 0.2) is 103 Å². The second-order valence-electron chi connectivity index (χ2n) is 5.90. The van der Waals surface area contributed by atoms with Gasteiger partial charge in [0.15, 0.2) is 0 Å². The van der Waals surface area contributed by atoms with Crippen molar-refractivity contribution >= 4 is 22.6 Å². The molecule has 0 N–H and O–H groups in total. The van der Waals surface area contributed by atoms with Gasteiger partial charge in [-0.1, -0.05) is 72.8 Å². The van der Waals surface area contributed by atoms with Gasteiger partial charge in [-0.15, -0.1) is 0 Å². The smallest absolute Gasteiger partial charge is 0.137 e. The summed E-state index contributed by atoms with van der Waals surface area (Å²) in [4.78, 5) is 0. The van der Waals surface area contributed by atoms with Crippen LogP contribution in [0.1, 0.15) is 16.7 Å². The molecule has 0 atom stereocenters. The van der Waals surface area contributed by atoms with Crippen LogP contribution in [0, 0.1) is 3.57 Å². The van der Waals surface area contributed by atoms with Gasteiger partial charge < -0.3 is 0 Å². The number of nitrogens with zero attached hydrogens (tertiary/aromatic N) is 2. The summed E-state index contributed by atoms with van der Waals surface area (Å²) in [5.41, 5.74) is 3.06. The van der Waals surface area contributed by atoms with E-state index in [1.165, 1.54) is 20.3 Å². The third-order valence-electron chi connectivity index (χ3n) is 4.49. The van der Waals surface area contributed by atoms with E-state index in [0.29, 0.717) is 0 Å². The fraction of sp³-hybridized carbons (Fsp3) is 0.0455. The zero-order chi connectivity index (χ0) is 17.1. The van der Waals surface area contributed by atoms with Gasteiger partial charge in [-0.25, -0.2) is 0 Å². The predicted molar refractivity (Wildman–Crippen MR) is 110 cm³/mol. The average molecular weight is 436 g/mol. The first kappa shape index (κ1) is 16.1. The molecule has 0 radical (unpaired) electrons. The van der Waals surface area contributed by atoms with E-state index in [9.17, 15) is 0 Å². The first-order chi connectivity index (χ1) is 12.3. The van der Waals surface area contributed by atoms with Crippen LogP contribution >= 0.6 is 22.6 Å². The minimum atomic E-state index is -0.504. The lowest BCUT2D eigenvalue weighted by molar-refractivity contribution is 0.460. The molecule has 0 bridgehead atoms. The van der Waals surface area contributed by atoms with Crippen molar-refractivity contribution in [3.63, 3.8) is 0 Å². The van der Waals surface area contributed by atoms with E-state index < -0.39 is 5.54 Å². The average Bonchev–Trinajstić information content (AvgIpc) is 3.21. The van der Waals surface area contributed by atoms with Crippen molar-refractivity contribution in [1.82, 2.24) is 9.78 Å². The molecule has 1 heterocycles. The van der Waals surface area contributed by atoms with E-state index in [1.807, 2.05) is 18.5 Å². The van der Waals surface area contributed by atoms with Gasteiger partial charge in [0.05, 0.1) is 0 Å². The van der Waals surface area contributed by atoms with Crippen molar-refractivity contribution in [2.45, 2.75) is 5.54 Å². The van der Waals surface area contributed by atoms with Crippen molar-refractivity contribution in [3.8, 4) is 0 Å². The molecule has 0 amide bonds. The number of hydrogen-bond acceptors (Lipinski definition) is 1. The number of hydrogen-bond donors (Lipinski definition) is 0. The highest BCUT2D eigenvalue weighted by Gasteiger charge is 2.38. The quantitative estimate of drug-likeness (QED) is 0.313. The molecule has 2 nitrogen and oxygen atoms in total. The molecule has 122 valence electrons. The first-order valence-corrected chi connectivity index (χ1v) is 9.27. The van der Waals surface area contributed by atoms with Crippen molar-refractivity contribution in [1.29, 1.82) is 0 Å². The van der Waals surface area contributed by atoms with Crippen molar-refractivity contribution < 1.29 is 0 Å². The van der Waals surface area contributed by atoms with E-state index in [4.69, 9.17) is 0 Å². The first-order valence-electron chi connectivity index (χ1n) is 8.19. The Morgan fingerprint density at radius 1 is 0.640 bits per heavy atom. The molecule has 4 aromatic rings. The van der Waals surface area contributed by atoms with E-state index in [1.54, 1.807) is 0 Å². The number of rotatable bonds is 4. The molecule has 3 heteroatoms. The minimum absolute atomic E-state index is 0.504. The maximum atomic E-state index is 4.66. The molecule has 0 unspecified atom stereocenters. The summed E-state index contributed by atoms with van der Waals surface area (Å²) in [7, 11) is 0. The number of halogens is 1. The standard InChI is InChI=1S/C22H17IN2/c23-21-14-12-20(13-15-21)22(25-17-7-16-24-25,18-8-3-1-4-9-18)19-10-5-2-6-11-19/h1-17H. The molecule has 4 rings (SSSR count). The van der Waals surface area contributed by atoms with E-state index >= 15 is 0 Å². The monoisotopic (exact) mass is 436 g/mol. The molecule has 0 aliphatic carbocycles. The van der Waals surface area contributed by atoms with Crippen molar-refractivity contribution in [3.05, 3.63) is 124 Å². The maximum Gasteiger partial charge on any atom is 0.137 e. The van der Waals surface area contributed by atoms with Crippen LogP contribution in [-0.4, -0.2) is 9.78 Å². The third-order valence-corrected chi connectivity index (χ3v) is 5.21. The van der Waals surface area contributed by atoms with Gasteiger partial charge in [0.25, 0.3) is 0 Å². The molecule has 0 saturated heterocycles. The van der Waals surface area contributed by atoms with Gasteiger partial charge in [0.1, 0.15) is 5.54 Å². The normalized spacial score (nSPS) is 11.4. The van der Waals surface area contributed by atoms with E-state index in [0.717, 1.165) is 0 Å². The lowest BCUT2D eigenvalue weighted by Gasteiger charge is -2.36. The summed E-state index contributed by atoms with van der Waals surface area (Å²) in [5.74, 6) is 0. The molecular weight excluding hydrogens is 419 g/mol. The second kappa shape index (κ2) is 6.84. The summed E-state index contributed by atoms with van der Waals surface area (Å²) >= 11 is 2.35. The Bertz CT molecular complexity index is 891. The van der Waals surface area contributed by atoms with Crippen molar-refractivity contribution in [2.24, 2.45) is 0 Å². The Kier molecular flexibility index (Phi) is 4.40. The molecule has 0 spiro atoms. The van der Waals surface area contributed by atoms with Gasteiger partial charge in [-0.3, -0.25) is 4.68 Å². The Labute approximate surface area is 161 Å². The summed E-state index contributed by atoms with van der Waals surface area (Å²) in [6.45, 7) is 0. The van der Waals surface area contributed by atoms with Crippen LogP contribution in [0.4, 0.5) is 0 Å². The van der Waals surface area contributed by atoms with Crippen LogP contribution < -0.4 is 0 Å². The highest BCUT2D eigenvalue weighted by atomic mass is 127. The Hall–Kier alpha value is -2.40. The second-order valence-corrected chi connectivity index (χ2v) is 7.15. The highest BCUT2D eigenvalue weighted by Crippen LogP contribution is 2.40. The minimum Gasteiger partial charge on any atom is -0.253 e.